The number of fused-ring (bicyclic) bond motifs is 1. The Morgan fingerprint density at radius 1 is 1.12 bits per heavy atom. The van der Waals surface area contributed by atoms with Crippen LogP contribution in [0.15, 0.2) is 77.5 Å². The van der Waals surface area contributed by atoms with Gasteiger partial charge in [0.1, 0.15) is 6.20 Å². The molecule has 1 aromatic heterocycles. The fourth-order valence-corrected chi connectivity index (χ4v) is 3.25. The summed E-state index contributed by atoms with van der Waals surface area (Å²) >= 11 is 5.91. The summed E-state index contributed by atoms with van der Waals surface area (Å²) in [4.78, 5) is 36.7. The summed E-state index contributed by atoms with van der Waals surface area (Å²) in [5.41, 5.74) is 5.65. The number of hydrogen-bond donors (Lipinski definition) is 2. The van der Waals surface area contributed by atoms with E-state index in [1.807, 2.05) is 30.3 Å². The molecule has 0 spiro atoms. The van der Waals surface area contributed by atoms with Gasteiger partial charge in [-0.3, -0.25) is 20.4 Å². The molecule has 2 aromatic carbocycles. The predicted octanol–water partition coefficient (Wildman–Crippen LogP) is 4.59. The minimum atomic E-state index is -0.749. The van der Waals surface area contributed by atoms with Crippen LogP contribution in [0, 0.1) is 10.1 Å². The Balaban J connectivity index is 1.57. The van der Waals surface area contributed by atoms with Crippen LogP contribution in [0.25, 0.3) is 6.08 Å². The Bertz CT molecular complexity index is 1240. The molecule has 0 saturated heterocycles. The Morgan fingerprint density at radius 3 is 2.69 bits per heavy atom. The van der Waals surface area contributed by atoms with E-state index in [1.54, 1.807) is 30.3 Å². The predicted molar refractivity (Wildman–Crippen MR) is 121 cm³/mol. The van der Waals surface area contributed by atoms with E-state index in [-0.39, 0.29) is 12.2 Å². The first-order valence-electron chi connectivity index (χ1n) is 9.44. The summed E-state index contributed by atoms with van der Waals surface area (Å²) < 4.78 is 0. The quantitative estimate of drug-likeness (QED) is 0.434. The third-order valence-electron chi connectivity index (χ3n) is 4.48. The molecule has 1 aliphatic rings. The number of anilines is 1. The zero-order valence-electron chi connectivity index (χ0n) is 16.5. The standard InChI is InChI=1S/C22H16ClN5O4/c23-15-7-4-8-16(9-15)26-22(29)32-27-17-10-20-19(11-18(13-24-20)28(30)31)21(25-12-17)14-5-2-1-3-6-14/h1-11,13,27H,12H2,(H,26,29). The Morgan fingerprint density at radius 2 is 1.94 bits per heavy atom. The van der Waals surface area contributed by atoms with Crippen molar-refractivity contribution >= 4 is 40.9 Å². The first-order chi connectivity index (χ1) is 15.5. The van der Waals surface area contributed by atoms with Gasteiger partial charge < -0.3 is 4.84 Å². The second-order valence-electron chi connectivity index (χ2n) is 6.71. The molecule has 0 unspecified atom stereocenters. The highest BCUT2D eigenvalue weighted by Crippen LogP contribution is 2.24. The van der Waals surface area contributed by atoms with Gasteiger partial charge in [0.15, 0.2) is 0 Å². The number of pyridine rings is 1. The van der Waals surface area contributed by atoms with Crippen LogP contribution in [0.1, 0.15) is 16.8 Å². The van der Waals surface area contributed by atoms with E-state index < -0.39 is 11.0 Å². The van der Waals surface area contributed by atoms with Crippen molar-refractivity contribution in [3.05, 3.63) is 105 Å². The van der Waals surface area contributed by atoms with Gasteiger partial charge in [-0.05, 0) is 24.3 Å². The summed E-state index contributed by atoms with van der Waals surface area (Å²) in [6.45, 7) is 0.138. The SMILES string of the molecule is O=C(Nc1cccc(Cl)c1)ONC1=Cc2ncc([N+](=O)[O-])cc2C(c2ccccc2)=NC1. The molecular formula is C22H16ClN5O4. The van der Waals surface area contributed by atoms with Crippen molar-refractivity contribution in [3.63, 3.8) is 0 Å². The van der Waals surface area contributed by atoms with Crippen LogP contribution in [-0.2, 0) is 4.84 Å². The molecule has 10 heteroatoms. The Hall–Kier alpha value is -4.24. The largest absolute Gasteiger partial charge is 0.435 e. The molecule has 0 fully saturated rings. The van der Waals surface area contributed by atoms with Gasteiger partial charge in [-0.1, -0.05) is 48.0 Å². The maximum absolute atomic E-state index is 12.1. The molecule has 160 valence electrons. The Kier molecular flexibility index (Phi) is 6.09. The number of amides is 1. The van der Waals surface area contributed by atoms with E-state index in [2.05, 4.69) is 20.8 Å². The third kappa shape index (κ3) is 4.90. The van der Waals surface area contributed by atoms with Crippen molar-refractivity contribution in [1.82, 2.24) is 10.5 Å². The van der Waals surface area contributed by atoms with Crippen molar-refractivity contribution in [2.24, 2.45) is 4.99 Å². The lowest BCUT2D eigenvalue weighted by atomic mass is 10.0. The normalized spacial score (nSPS) is 12.5. The fourth-order valence-electron chi connectivity index (χ4n) is 3.05. The van der Waals surface area contributed by atoms with Crippen LogP contribution in [0.3, 0.4) is 0 Å². The molecule has 1 aliphatic heterocycles. The van der Waals surface area contributed by atoms with E-state index in [0.717, 1.165) is 5.56 Å². The highest BCUT2D eigenvalue weighted by atomic mass is 35.5. The lowest BCUT2D eigenvalue weighted by molar-refractivity contribution is -0.385. The summed E-state index contributed by atoms with van der Waals surface area (Å²) in [6.07, 6.45) is 2.06. The minimum Gasteiger partial charge on any atom is -0.324 e. The summed E-state index contributed by atoms with van der Waals surface area (Å²) in [5, 5.41) is 14.3. The number of benzene rings is 2. The lowest BCUT2D eigenvalue weighted by Crippen LogP contribution is -2.24. The highest BCUT2D eigenvalue weighted by Gasteiger charge is 2.20. The smallest absolute Gasteiger partial charge is 0.324 e. The number of aliphatic imine (C=N–C) groups is 1. The van der Waals surface area contributed by atoms with Crippen LogP contribution < -0.4 is 10.8 Å². The molecule has 0 aliphatic carbocycles. The first-order valence-corrected chi connectivity index (χ1v) is 9.82. The van der Waals surface area contributed by atoms with Gasteiger partial charge in [0.05, 0.1) is 28.6 Å². The van der Waals surface area contributed by atoms with Crippen LogP contribution in [0.4, 0.5) is 16.2 Å². The number of hydroxylamine groups is 1. The number of carbonyl (C=O) groups is 1. The van der Waals surface area contributed by atoms with E-state index >= 15 is 0 Å². The molecule has 32 heavy (non-hydrogen) atoms. The van der Waals surface area contributed by atoms with Gasteiger partial charge in [-0.2, -0.15) is 0 Å². The van der Waals surface area contributed by atoms with Gasteiger partial charge >= 0.3 is 6.09 Å². The lowest BCUT2D eigenvalue weighted by Gasteiger charge is -2.09. The second-order valence-corrected chi connectivity index (χ2v) is 7.15. The number of nitro groups is 1. The number of carbonyl (C=O) groups excluding carboxylic acids is 1. The van der Waals surface area contributed by atoms with Crippen molar-refractivity contribution < 1.29 is 14.6 Å². The average Bonchev–Trinajstić information content (AvgIpc) is 2.97. The molecule has 4 rings (SSSR count). The highest BCUT2D eigenvalue weighted by molar-refractivity contribution is 6.30. The van der Waals surface area contributed by atoms with Crippen molar-refractivity contribution in [2.45, 2.75) is 0 Å². The van der Waals surface area contributed by atoms with E-state index in [9.17, 15) is 14.9 Å². The second kappa shape index (κ2) is 9.27. The van der Waals surface area contributed by atoms with E-state index in [0.29, 0.717) is 33.4 Å². The average molecular weight is 450 g/mol. The third-order valence-corrected chi connectivity index (χ3v) is 4.72. The molecule has 0 atom stereocenters. The molecular weight excluding hydrogens is 434 g/mol. The first kappa shape index (κ1) is 21.0. The van der Waals surface area contributed by atoms with E-state index in [4.69, 9.17) is 16.4 Å². The van der Waals surface area contributed by atoms with Gasteiger partial charge in [0.2, 0.25) is 0 Å². The van der Waals surface area contributed by atoms with Crippen LogP contribution in [0.2, 0.25) is 5.02 Å². The molecule has 0 bridgehead atoms. The molecule has 1 amide bonds. The van der Waals surface area contributed by atoms with Crippen LogP contribution in [0.5, 0.6) is 0 Å². The van der Waals surface area contributed by atoms with Gasteiger partial charge in [-0.15, -0.1) is 0 Å². The number of rotatable bonds is 5. The number of aromatic nitrogens is 1. The number of halogens is 1. The molecule has 9 nitrogen and oxygen atoms in total. The molecule has 3 aromatic rings. The van der Waals surface area contributed by atoms with Gasteiger partial charge in [0, 0.05) is 27.9 Å². The number of nitrogens with zero attached hydrogens (tertiary/aromatic N) is 3. The molecule has 0 saturated carbocycles. The molecule has 2 N–H and O–H groups in total. The van der Waals surface area contributed by atoms with Crippen molar-refractivity contribution in [1.29, 1.82) is 0 Å². The van der Waals surface area contributed by atoms with Crippen LogP contribution in [-0.4, -0.2) is 28.3 Å². The zero-order valence-corrected chi connectivity index (χ0v) is 17.2. The van der Waals surface area contributed by atoms with Crippen molar-refractivity contribution in [3.8, 4) is 0 Å². The number of hydrogen-bond acceptors (Lipinski definition) is 7. The fraction of sp³-hybridized carbons (Fsp3) is 0.0455. The topological polar surface area (TPSA) is 119 Å². The van der Waals surface area contributed by atoms with Gasteiger partial charge in [0.25, 0.3) is 5.69 Å². The number of nitrogens with one attached hydrogen (secondary N) is 2. The van der Waals surface area contributed by atoms with E-state index in [1.165, 1.54) is 12.3 Å². The summed E-state index contributed by atoms with van der Waals surface area (Å²) in [5.74, 6) is 0. The monoisotopic (exact) mass is 449 g/mol. The zero-order chi connectivity index (χ0) is 22.5. The summed E-state index contributed by atoms with van der Waals surface area (Å²) in [6, 6.07) is 17.3. The summed E-state index contributed by atoms with van der Waals surface area (Å²) in [7, 11) is 0. The Labute approximate surface area is 187 Å². The van der Waals surface area contributed by atoms with Crippen LogP contribution >= 0.6 is 11.6 Å². The van der Waals surface area contributed by atoms with Gasteiger partial charge in [-0.25, -0.2) is 15.3 Å². The van der Waals surface area contributed by atoms with Crippen molar-refractivity contribution in [2.75, 3.05) is 11.9 Å². The minimum absolute atomic E-state index is 0.138. The molecule has 2 heterocycles. The maximum Gasteiger partial charge on any atom is 0.435 e. The molecule has 0 radical (unpaired) electrons. The maximum atomic E-state index is 12.1.